The number of hydrogen-bond donors (Lipinski definition) is 0. The Hall–Kier alpha value is -0.650. The minimum absolute atomic E-state index is 0.792. The highest BCUT2D eigenvalue weighted by atomic mass is 79.9. The lowest BCUT2D eigenvalue weighted by Gasteiger charge is -2.28. The summed E-state index contributed by atoms with van der Waals surface area (Å²) in [7, 11) is 0. The van der Waals surface area contributed by atoms with Crippen LogP contribution in [-0.2, 0) is 4.74 Å². The lowest BCUT2D eigenvalue weighted by atomic mass is 10.2. The number of nitrogens with zero attached hydrogens (tertiary/aromatic N) is 2. The maximum Gasteiger partial charge on any atom is 0.148 e. The fourth-order valence-corrected chi connectivity index (χ4v) is 3.54. The number of halogens is 1. The van der Waals surface area contributed by atoms with Gasteiger partial charge in [0, 0.05) is 18.5 Å². The summed E-state index contributed by atoms with van der Waals surface area (Å²) in [6, 6.07) is 2.10. The van der Waals surface area contributed by atoms with Crippen molar-refractivity contribution in [1.29, 1.82) is 0 Å². The zero-order chi connectivity index (χ0) is 11.8. The summed E-state index contributed by atoms with van der Waals surface area (Å²) in [5, 5.41) is 3.50. The van der Waals surface area contributed by atoms with Crippen LogP contribution in [0.4, 0.5) is 5.82 Å². The van der Waals surface area contributed by atoms with E-state index in [-0.39, 0.29) is 0 Å². The van der Waals surface area contributed by atoms with Crippen molar-refractivity contribution in [3.05, 3.63) is 21.6 Å². The molecule has 0 unspecified atom stereocenters. The Morgan fingerprint density at radius 2 is 2.18 bits per heavy atom. The average molecular weight is 313 g/mol. The maximum atomic E-state index is 5.39. The van der Waals surface area contributed by atoms with Gasteiger partial charge in [-0.25, -0.2) is 4.98 Å². The van der Waals surface area contributed by atoms with Gasteiger partial charge in [0.15, 0.2) is 0 Å². The molecular weight excluding hydrogens is 300 g/mol. The predicted molar refractivity (Wildman–Crippen MR) is 75.1 cm³/mol. The summed E-state index contributed by atoms with van der Waals surface area (Å²) >= 11 is 5.28. The first-order valence-corrected chi connectivity index (χ1v) is 7.30. The molecule has 0 saturated carbocycles. The number of pyridine rings is 1. The Bertz CT molecular complexity index is 549. The highest BCUT2D eigenvalue weighted by Crippen LogP contribution is 2.34. The van der Waals surface area contributed by atoms with Gasteiger partial charge in [0.1, 0.15) is 10.4 Å². The smallest absolute Gasteiger partial charge is 0.148 e. The molecule has 0 aromatic carbocycles. The van der Waals surface area contributed by atoms with E-state index >= 15 is 0 Å². The van der Waals surface area contributed by atoms with Gasteiger partial charge in [0.25, 0.3) is 0 Å². The molecule has 17 heavy (non-hydrogen) atoms. The number of thiophene rings is 1. The van der Waals surface area contributed by atoms with Gasteiger partial charge < -0.3 is 9.64 Å². The number of hydrogen-bond acceptors (Lipinski definition) is 4. The van der Waals surface area contributed by atoms with Crippen molar-refractivity contribution >= 4 is 43.2 Å². The highest BCUT2D eigenvalue weighted by molar-refractivity contribution is 9.10. The van der Waals surface area contributed by atoms with Crippen molar-refractivity contribution < 1.29 is 4.74 Å². The molecule has 2 aromatic heterocycles. The van der Waals surface area contributed by atoms with Crippen LogP contribution in [0.2, 0.25) is 0 Å². The van der Waals surface area contributed by atoms with Gasteiger partial charge in [-0.1, -0.05) is 0 Å². The topological polar surface area (TPSA) is 25.4 Å². The van der Waals surface area contributed by atoms with Gasteiger partial charge in [0.2, 0.25) is 0 Å². The fraction of sp³-hybridized carbons (Fsp3) is 0.417. The van der Waals surface area contributed by atoms with E-state index in [1.807, 2.05) is 0 Å². The highest BCUT2D eigenvalue weighted by Gasteiger charge is 2.17. The molecule has 0 bridgehead atoms. The summed E-state index contributed by atoms with van der Waals surface area (Å²) in [6.45, 7) is 5.58. The SMILES string of the molecule is Cc1csc2c(N3CCOCC3)nc(Br)cc12. The van der Waals surface area contributed by atoms with Crippen molar-refractivity contribution in [2.24, 2.45) is 0 Å². The van der Waals surface area contributed by atoms with Crippen LogP contribution < -0.4 is 4.90 Å². The van der Waals surface area contributed by atoms with Crippen molar-refractivity contribution in [3.8, 4) is 0 Å². The summed E-state index contributed by atoms with van der Waals surface area (Å²) < 4.78 is 7.59. The maximum absolute atomic E-state index is 5.39. The molecule has 0 atom stereocenters. The van der Waals surface area contributed by atoms with E-state index in [2.05, 4.69) is 44.2 Å². The Morgan fingerprint density at radius 3 is 2.94 bits per heavy atom. The first kappa shape index (κ1) is 11.4. The van der Waals surface area contributed by atoms with Gasteiger partial charge >= 0.3 is 0 Å². The second-order valence-electron chi connectivity index (χ2n) is 4.16. The third-order valence-electron chi connectivity index (χ3n) is 3.01. The molecule has 0 amide bonds. The number of fused-ring (bicyclic) bond motifs is 1. The number of aryl methyl sites for hydroxylation is 1. The second kappa shape index (κ2) is 4.55. The Labute approximate surface area is 113 Å². The molecule has 5 heteroatoms. The second-order valence-corrected chi connectivity index (χ2v) is 5.86. The molecule has 3 heterocycles. The van der Waals surface area contributed by atoms with Crippen LogP contribution in [0.3, 0.4) is 0 Å². The van der Waals surface area contributed by atoms with E-state index in [4.69, 9.17) is 4.74 Å². The molecule has 1 fully saturated rings. The van der Waals surface area contributed by atoms with Gasteiger partial charge in [-0.15, -0.1) is 11.3 Å². The zero-order valence-electron chi connectivity index (χ0n) is 9.57. The number of morpholine rings is 1. The number of anilines is 1. The zero-order valence-corrected chi connectivity index (χ0v) is 12.0. The van der Waals surface area contributed by atoms with Crippen molar-refractivity contribution in [3.63, 3.8) is 0 Å². The molecule has 0 spiro atoms. The Kier molecular flexibility index (Phi) is 3.06. The quantitative estimate of drug-likeness (QED) is 0.756. The van der Waals surface area contributed by atoms with E-state index < -0.39 is 0 Å². The van der Waals surface area contributed by atoms with Crippen LogP contribution in [0.1, 0.15) is 5.56 Å². The Morgan fingerprint density at radius 1 is 1.41 bits per heavy atom. The molecule has 90 valence electrons. The van der Waals surface area contributed by atoms with Crippen LogP contribution in [0.15, 0.2) is 16.0 Å². The number of aromatic nitrogens is 1. The minimum atomic E-state index is 0.792. The van der Waals surface area contributed by atoms with Crippen LogP contribution in [0.25, 0.3) is 10.1 Å². The van der Waals surface area contributed by atoms with Gasteiger partial charge in [-0.3, -0.25) is 0 Å². The fourth-order valence-electron chi connectivity index (χ4n) is 2.10. The van der Waals surface area contributed by atoms with Crippen LogP contribution in [0, 0.1) is 6.92 Å². The van der Waals surface area contributed by atoms with Gasteiger partial charge in [-0.2, -0.15) is 0 Å². The lowest BCUT2D eigenvalue weighted by molar-refractivity contribution is 0.122. The van der Waals surface area contributed by atoms with E-state index in [1.165, 1.54) is 15.6 Å². The van der Waals surface area contributed by atoms with Gasteiger partial charge in [-0.05, 0) is 39.9 Å². The molecule has 0 aliphatic carbocycles. The molecule has 3 nitrogen and oxygen atoms in total. The van der Waals surface area contributed by atoms with Crippen molar-refractivity contribution in [1.82, 2.24) is 4.98 Å². The third-order valence-corrected chi connectivity index (χ3v) is 4.53. The van der Waals surface area contributed by atoms with E-state index in [1.54, 1.807) is 11.3 Å². The molecular formula is C12H13BrN2OS. The first-order chi connectivity index (χ1) is 8.25. The van der Waals surface area contributed by atoms with E-state index in [0.29, 0.717) is 0 Å². The van der Waals surface area contributed by atoms with Crippen LogP contribution >= 0.6 is 27.3 Å². The average Bonchev–Trinajstić information content (AvgIpc) is 2.72. The third kappa shape index (κ3) is 2.07. The Balaban J connectivity index is 2.13. The van der Waals surface area contributed by atoms with Crippen LogP contribution in [0.5, 0.6) is 0 Å². The van der Waals surface area contributed by atoms with Crippen molar-refractivity contribution in [2.75, 3.05) is 31.2 Å². The van der Waals surface area contributed by atoms with Crippen LogP contribution in [-0.4, -0.2) is 31.3 Å². The van der Waals surface area contributed by atoms with E-state index in [0.717, 1.165) is 36.7 Å². The monoisotopic (exact) mass is 312 g/mol. The molecule has 0 radical (unpaired) electrons. The number of rotatable bonds is 1. The largest absolute Gasteiger partial charge is 0.378 e. The first-order valence-electron chi connectivity index (χ1n) is 5.63. The summed E-state index contributed by atoms with van der Waals surface area (Å²) in [5.41, 5.74) is 1.32. The van der Waals surface area contributed by atoms with E-state index in [9.17, 15) is 0 Å². The number of ether oxygens (including phenoxy) is 1. The molecule has 1 aliphatic heterocycles. The minimum Gasteiger partial charge on any atom is -0.378 e. The van der Waals surface area contributed by atoms with Gasteiger partial charge in [0.05, 0.1) is 17.9 Å². The predicted octanol–water partition coefficient (Wildman–Crippen LogP) is 3.20. The molecule has 1 saturated heterocycles. The lowest BCUT2D eigenvalue weighted by Crippen LogP contribution is -2.36. The summed E-state index contributed by atoms with van der Waals surface area (Å²) in [4.78, 5) is 6.95. The van der Waals surface area contributed by atoms with Crippen molar-refractivity contribution in [2.45, 2.75) is 6.92 Å². The molecule has 0 N–H and O–H groups in total. The summed E-state index contributed by atoms with van der Waals surface area (Å²) in [6.07, 6.45) is 0. The molecule has 2 aromatic rings. The molecule has 1 aliphatic rings. The normalized spacial score (nSPS) is 16.7. The summed E-state index contributed by atoms with van der Waals surface area (Å²) in [5.74, 6) is 1.09. The standard InChI is InChI=1S/C12H13BrN2OS/c1-8-7-17-11-9(8)6-10(13)14-12(11)15-2-4-16-5-3-15/h6-7H,2-5H2,1H3. The molecule has 3 rings (SSSR count).